The summed E-state index contributed by atoms with van der Waals surface area (Å²) < 4.78 is 11.9. The second-order valence-electron chi connectivity index (χ2n) is 7.53. The molecule has 5 rings (SSSR count). The molecule has 2 aliphatic heterocycles. The molecular weight excluding hydrogens is 350 g/mol. The van der Waals surface area contributed by atoms with E-state index in [0.29, 0.717) is 13.2 Å². The van der Waals surface area contributed by atoms with E-state index in [1.165, 1.54) is 11.1 Å². The number of anilines is 1. The lowest BCUT2D eigenvalue weighted by Gasteiger charge is -2.36. The molecule has 0 bridgehead atoms. The number of fused-ring (bicyclic) bond motifs is 2. The van der Waals surface area contributed by atoms with E-state index in [0.717, 1.165) is 29.3 Å². The standard InChI is InChI=1S/C24H23NO3/c1-25-11-12-27-23-9-7-17(13-21(23)25)24-19-14-18(26)8-10-22(19)28-15-20(24)16-5-3-2-4-6-16/h2-10,13-14,20,24,26H,11-12,15H2,1H3/t20-,24-/m0/s1. The number of aromatic hydroxyl groups is 1. The van der Waals surface area contributed by atoms with Crippen LogP contribution in [0.5, 0.6) is 17.2 Å². The van der Waals surface area contributed by atoms with Gasteiger partial charge in [0.2, 0.25) is 0 Å². The first-order chi connectivity index (χ1) is 13.7. The van der Waals surface area contributed by atoms with Crippen molar-refractivity contribution in [3.8, 4) is 17.2 Å². The lowest BCUT2D eigenvalue weighted by atomic mass is 9.75. The quantitative estimate of drug-likeness (QED) is 0.717. The second kappa shape index (κ2) is 6.79. The molecule has 28 heavy (non-hydrogen) atoms. The average Bonchev–Trinajstić information content (AvgIpc) is 2.73. The van der Waals surface area contributed by atoms with Crippen molar-refractivity contribution in [2.24, 2.45) is 0 Å². The molecule has 3 aromatic rings. The maximum absolute atomic E-state index is 10.2. The van der Waals surface area contributed by atoms with E-state index in [1.807, 2.05) is 18.2 Å². The number of phenols is 1. The number of phenolic OH excluding ortho intramolecular Hbond substituents is 1. The van der Waals surface area contributed by atoms with Gasteiger partial charge in [0.05, 0.1) is 18.8 Å². The van der Waals surface area contributed by atoms with Crippen molar-refractivity contribution in [3.63, 3.8) is 0 Å². The molecule has 0 saturated carbocycles. The molecule has 0 amide bonds. The topological polar surface area (TPSA) is 41.9 Å². The first-order valence-electron chi connectivity index (χ1n) is 9.69. The van der Waals surface area contributed by atoms with Crippen molar-refractivity contribution in [3.05, 3.63) is 83.4 Å². The zero-order valence-corrected chi connectivity index (χ0v) is 15.8. The van der Waals surface area contributed by atoms with Gasteiger partial charge in [-0.3, -0.25) is 0 Å². The Morgan fingerprint density at radius 3 is 2.57 bits per heavy atom. The maximum Gasteiger partial charge on any atom is 0.142 e. The average molecular weight is 373 g/mol. The van der Waals surface area contributed by atoms with E-state index in [4.69, 9.17) is 9.47 Å². The summed E-state index contributed by atoms with van der Waals surface area (Å²) in [5, 5.41) is 10.2. The molecule has 3 aromatic carbocycles. The van der Waals surface area contributed by atoms with Gasteiger partial charge in [-0.2, -0.15) is 0 Å². The van der Waals surface area contributed by atoms with Gasteiger partial charge in [0.15, 0.2) is 0 Å². The van der Waals surface area contributed by atoms with E-state index in [9.17, 15) is 5.11 Å². The lowest BCUT2D eigenvalue weighted by Crippen LogP contribution is -2.29. The van der Waals surface area contributed by atoms with Crippen LogP contribution in [0.3, 0.4) is 0 Å². The largest absolute Gasteiger partial charge is 0.508 e. The molecule has 0 unspecified atom stereocenters. The normalized spacial score (nSPS) is 20.5. The third-order valence-corrected chi connectivity index (χ3v) is 5.81. The van der Waals surface area contributed by atoms with Crippen LogP contribution >= 0.6 is 0 Å². The van der Waals surface area contributed by atoms with Gasteiger partial charge in [0, 0.05) is 24.4 Å². The van der Waals surface area contributed by atoms with Gasteiger partial charge in [0.1, 0.15) is 23.9 Å². The molecule has 2 aliphatic rings. The van der Waals surface area contributed by atoms with Crippen molar-refractivity contribution >= 4 is 5.69 Å². The number of hydrogen-bond acceptors (Lipinski definition) is 4. The molecule has 1 N–H and O–H groups in total. The molecule has 0 aliphatic carbocycles. The number of hydrogen-bond donors (Lipinski definition) is 1. The fraction of sp³-hybridized carbons (Fsp3) is 0.250. The predicted octanol–water partition coefficient (Wildman–Crippen LogP) is 4.53. The highest BCUT2D eigenvalue weighted by Gasteiger charge is 2.34. The van der Waals surface area contributed by atoms with Gasteiger partial charge in [-0.1, -0.05) is 36.4 Å². The van der Waals surface area contributed by atoms with Crippen molar-refractivity contribution < 1.29 is 14.6 Å². The number of rotatable bonds is 2. The van der Waals surface area contributed by atoms with Crippen LogP contribution in [0.25, 0.3) is 0 Å². The van der Waals surface area contributed by atoms with Crippen molar-refractivity contribution in [1.29, 1.82) is 0 Å². The van der Waals surface area contributed by atoms with Crippen molar-refractivity contribution in [1.82, 2.24) is 0 Å². The minimum Gasteiger partial charge on any atom is -0.508 e. The van der Waals surface area contributed by atoms with Crippen LogP contribution in [0.2, 0.25) is 0 Å². The Balaban J connectivity index is 1.67. The van der Waals surface area contributed by atoms with Crippen molar-refractivity contribution in [2.75, 3.05) is 31.7 Å². The van der Waals surface area contributed by atoms with Gasteiger partial charge >= 0.3 is 0 Å². The van der Waals surface area contributed by atoms with E-state index < -0.39 is 0 Å². The molecule has 4 heteroatoms. The Bertz CT molecular complexity index is 1000. The third kappa shape index (κ3) is 2.85. The Hall–Kier alpha value is -3.14. The first-order valence-corrected chi connectivity index (χ1v) is 9.69. The van der Waals surface area contributed by atoms with Crippen LogP contribution in [-0.4, -0.2) is 31.9 Å². The monoisotopic (exact) mass is 373 g/mol. The van der Waals surface area contributed by atoms with Crippen LogP contribution in [0, 0.1) is 0 Å². The number of likely N-dealkylation sites (N-methyl/N-ethyl adjacent to an activating group) is 1. The number of ether oxygens (including phenoxy) is 2. The van der Waals surface area contributed by atoms with E-state index in [1.54, 1.807) is 6.07 Å². The molecule has 0 spiro atoms. The van der Waals surface area contributed by atoms with Gasteiger partial charge in [-0.15, -0.1) is 0 Å². The lowest BCUT2D eigenvalue weighted by molar-refractivity contribution is 0.248. The molecule has 2 atom stereocenters. The highest BCUT2D eigenvalue weighted by molar-refractivity contribution is 5.63. The van der Waals surface area contributed by atoms with Gasteiger partial charge < -0.3 is 19.5 Å². The number of benzene rings is 3. The van der Waals surface area contributed by atoms with Crippen LogP contribution in [0.1, 0.15) is 28.5 Å². The number of nitrogens with zero attached hydrogens (tertiary/aromatic N) is 1. The summed E-state index contributed by atoms with van der Waals surface area (Å²) in [5.74, 6) is 2.30. The summed E-state index contributed by atoms with van der Waals surface area (Å²) in [6, 6.07) is 22.3. The molecule has 2 heterocycles. The SMILES string of the molecule is CN1CCOc2ccc([C@H]3c4cc(O)ccc4OC[C@H]3c3ccccc3)cc21. The molecular formula is C24H23NO3. The fourth-order valence-electron chi connectivity index (χ4n) is 4.36. The Morgan fingerprint density at radius 2 is 1.71 bits per heavy atom. The maximum atomic E-state index is 10.2. The summed E-state index contributed by atoms with van der Waals surface area (Å²) in [4.78, 5) is 2.24. The van der Waals surface area contributed by atoms with Crippen LogP contribution in [0.15, 0.2) is 66.7 Å². The minimum absolute atomic E-state index is 0.0962. The van der Waals surface area contributed by atoms with E-state index in [-0.39, 0.29) is 17.6 Å². The van der Waals surface area contributed by atoms with Crippen LogP contribution in [0.4, 0.5) is 5.69 Å². The Labute approximate surface area is 165 Å². The van der Waals surface area contributed by atoms with E-state index >= 15 is 0 Å². The predicted molar refractivity (Wildman–Crippen MR) is 110 cm³/mol. The molecule has 4 nitrogen and oxygen atoms in total. The van der Waals surface area contributed by atoms with Gasteiger partial charge in [0.25, 0.3) is 0 Å². The smallest absolute Gasteiger partial charge is 0.142 e. The molecule has 0 saturated heterocycles. The molecule has 0 fully saturated rings. The van der Waals surface area contributed by atoms with Crippen molar-refractivity contribution in [2.45, 2.75) is 11.8 Å². The molecule has 0 radical (unpaired) electrons. The Kier molecular flexibility index (Phi) is 4.12. The highest BCUT2D eigenvalue weighted by Crippen LogP contribution is 2.48. The fourth-order valence-corrected chi connectivity index (χ4v) is 4.36. The summed E-state index contributed by atoms with van der Waals surface area (Å²) in [7, 11) is 2.10. The highest BCUT2D eigenvalue weighted by atomic mass is 16.5. The van der Waals surface area contributed by atoms with Gasteiger partial charge in [-0.05, 0) is 41.5 Å². The minimum atomic E-state index is 0.0962. The zero-order valence-electron chi connectivity index (χ0n) is 15.8. The van der Waals surface area contributed by atoms with E-state index in [2.05, 4.69) is 54.4 Å². The van der Waals surface area contributed by atoms with Crippen LogP contribution in [-0.2, 0) is 0 Å². The summed E-state index contributed by atoms with van der Waals surface area (Å²) >= 11 is 0. The zero-order chi connectivity index (χ0) is 19.1. The summed E-state index contributed by atoms with van der Waals surface area (Å²) in [6.45, 7) is 2.20. The third-order valence-electron chi connectivity index (χ3n) is 5.81. The molecule has 142 valence electrons. The van der Waals surface area contributed by atoms with Gasteiger partial charge in [-0.25, -0.2) is 0 Å². The molecule has 0 aromatic heterocycles. The summed E-state index contributed by atoms with van der Waals surface area (Å²) in [6.07, 6.45) is 0. The first kappa shape index (κ1) is 17.0. The Morgan fingerprint density at radius 1 is 0.893 bits per heavy atom. The second-order valence-corrected chi connectivity index (χ2v) is 7.53. The van der Waals surface area contributed by atoms with Crippen LogP contribution < -0.4 is 14.4 Å². The summed E-state index contributed by atoms with van der Waals surface area (Å²) in [5.41, 5.74) is 4.59.